The van der Waals surface area contributed by atoms with E-state index < -0.39 is 5.97 Å². The van der Waals surface area contributed by atoms with Gasteiger partial charge >= 0.3 is 5.97 Å². The second-order valence-electron chi connectivity index (χ2n) is 4.80. The highest BCUT2D eigenvalue weighted by Crippen LogP contribution is 2.28. The number of hydrogen-bond donors (Lipinski definition) is 2. The molecule has 1 saturated carbocycles. The van der Waals surface area contributed by atoms with E-state index in [1.165, 1.54) is 19.0 Å². The minimum atomic E-state index is -1.00. The Morgan fingerprint density at radius 3 is 3.00 bits per heavy atom. The first-order chi connectivity index (χ1) is 9.16. The molecule has 0 bridgehead atoms. The third-order valence-corrected chi connectivity index (χ3v) is 3.01. The van der Waals surface area contributed by atoms with Crippen LogP contribution in [-0.4, -0.2) is 40.8 Å². The summed E-state index contributed by atoms with van der Waals surface area (Å²) < 4.78 is 5.51. The topological polar surface area (TPSA) is 84.3 Å². The largest absolute Gasteiger partial charge is 0.478 e. The predicted molar refractivity (Wildman–Crippen MR) is 70.4 cm³/mol. The van der Waals surface area contributed by atoms with Crippen LogP contribution in [0.15, 0.2) is 6.20 Å². The Hall–Kier alpha value is -1.69. The highest BCUT2D eigenvalue weighted by molar-refractivity contribution is 5.88. The number of ether oxygens (including phenoxy) is 1. The normalized spacial score (nSPS) is 14.4. The van der Waals surface area contributed by atoms with Gasteiger partial charge in [-0.05, 0) is 32.1 Å². The van der Waals surface area contributed by atoms with Gasteiger partial charge in [-0.25, -0.2) is 14.8 Å². The van der Waals surface area contributed by atoms with Gasteiger partial charge in [0.2, 0.25) is 5.95 Å². The summed E-state index contributed by atoms with van der Waals surface area (Å²) in [6, 6.07) is 0. The number of aromatic nitrogens is 2. The summed E-state index contributed by atoms with van der Waals surface area (Å²) in [6.07, 6.45) is 4.83. The molecule has 2 rings (SSSR count). The zero-order chi connectivity index (χ0) is 13.7. The van der Waals surface area contributed by atoms with Crippen molar-refractivity contribution in [2.45, 2.75) is 26.2 Å². The number of hydrogen-bond acceptors (Lipinski definition) is 5. The molecule has 0 unspecified atom stereocenters. The predicted octanol–water partition coefficient (Wildman–Crippen LogP) is 1.71. The minimum absolute atomic E-state index is 0.137. The van der Waals surface area contributed by atoms with Crippen LogP contribution < -0.4 is 5.32 Å². The van der Waals surface area contributed by atoms with Crippen LogP contribution in [0.3, 0.4) is 0 Å². The number of aromatic carboxylic acids is 1. The molecule has 0 aliphatic heterocycles. The summed E-state index contributed by atoms with van der Waals surface area (Å²) in [6.45, 7) is 3.99. The van der Waals surface area contributed by atoms with Crippen molar-refractivity contribution in [3.63, 3.8) is 0 Å². The van der Waals surface area contributed by atoms with E-state index in [0.29, 0.717) is 11.6 Å². The van der Waals surface area contributed by atoms with E-state index in [-0.39, 0.29) is 5.56 Å². The molecule has 6 heteroatoms. The Balaban J connectivity index is 1.67. The van der Waals surface area contributed by atoms with Crippen LogP contribution >= 0.6 is 0 Å². The molecule has 0 aromatic carbocycles. The van der Waals surface area contributed by atoms with Gasteiger partial charge in [0.15, 0.2) is 0 Å². The highest BCUT2D eigenvalue weighted by Gasteiger charge is 2.20. The van der Waals surface area contributed by atoms with Crippen LogP contribution in [0.25, 0.3) is 0 Å². The minimum Gasteiger partial charge on any atom is -0.478 e. The van der Waals surface area contributed by atoms with Crippen molar-refractivity contribution in [3.05, 3.63) is 17.5 Å². The summed E-state index contributed by atoms with van der Waals surface area (Å²) in [5.41, 5.74) is 0.605. The number of carboxylic acids is 1. The van der Waals surface area contributed by atoms with Crippen LogP contribution in [0.4, 0.5) is 5.95 Å². The van der Waals surface area contributed by atoms with Gasteiger partial charge in [0, 0.05) is 26.0 Å². The molecule has 1 fully saturated rings. The second kappa shape index (κ2) is 6.47. The maximum absolute atomic E-state index is 10.8. The molecule has 1 aromatic heterocycles. The average molecular weight is 265 g/mol. The summed E-state index contributed by atoms with van der Waals surface area (Å²) in [5, 5.41) is 11.9. The van der Waals surface area contributed by atoms with Crippen LogP contribution in [0.1, 0.15) is 35.3 Å². The lowest BCUT2D eigenvalue weighted by atomic mass is 10.2. The first-order valence-corrected chi connectivity index (χ1v) is 6.55. The number of rotatable bonds is 8. The molecule has 19 heavy (non-hydrogen) atoms. The number of aryl methyl sites for hydroxylation is 1. The van der Waals surface area contributed by atoms with Crippen LogP contribution in [-0.2, 0) is 4.74 Å². The van der Waals surface area contributed by atoms with Gasteiger partial charge in [0.1, 0.15) is 0 Å². The van der Waals surface area contributed by atoms with Crippen LogP contribution in [0.5, 0.6) is 0 Å². The van der Waals surface area contributed by atoms with Crippen molar-refractivity contribution in [1.82, 2.24) is 9.97 Å². The number of nitrogens with one attached hydrogen (secondary N) is 1. The molecule has 1 aromatic rings. The molecule has 0 spiro atoms. The Morgan fingerprint density at radius 1 is 1.58 bits per heavy atom. The van der Waals surface area contributed by atoms with Crippen molar-refractivity contribution < 1.29 is 14.6 Å². The second-order valence-corrected chi connectivity index (χ2v) is 4.80. The fraction of sp³-hybridized carbons (Fsp3) is 0.615. The Kier molecular flexibility index (Phi) is 4.68. The maximum atomic E-state index is 10.8. The van der Waals surface area contributed by atoms with Crippen molar-refractivity contribution in [2.75, 3.05) is 25.1 Å². The summed E-state index contributed by atoms with van der Waals surface area (Å²) in [7, 11) is 0. The molecule has 0 radical (unpaired) electrons. The van der Waals surface area contributed by atoms with Crippen molar-refractivity contribution in [2.24, 2.45) is 5.92 Å². The molecule has 6 nitrogen and oxygen atoms in total. The van der Waals surface area contributed by atoms with E-state index >= 15 is 0 Å². The van der Waals surface area contributed by atoms with E-state index in [0.717, 1.165) is 32.1 Å². The lowest BCUT2D eigenvalue weighted by Gasteiger charge is -2.07. The number of carboxylic acid groups (broad SMARTS) is 1. The van der Waals surface area contributed by atoms with Gasteiger partial charge in [-0.1, -0.05) is 0 Å². The number of anilines is 1. The monoisotopic (exact) mass is 265 g/mol. The molecule has 1 aliphatic carbocycles. The quantitative estimate of drug-likeness (QED) is 0.696. The molecule has 0 amide bonds. The fourth-order valence-corrected chi connectivity index (χ4v) is 1.67. The number of nitrogens with zero attached hydrogens (tertiary/aromatic N) is 2. The van der Waals surface area contributed by atoms with Crippen molar-refractivity contribution in [1.29, 1.82) is 0 Å². The van der Waals surface area contributed by atoms with E-state index in [4.69, 9.17) is 9.84 Å². The molecule has 0 atom stereocenters. The third kappa shape index (κ3) is 4.48. The van der Waals surface area contributed by atoms with Gasteiger partial charge in [-0.15, -0.1) is 0 Å². The summed E-state index contributed by atoms with van der Waals surface area (Å²) >= 11 is 0. The van der Waals surface area contributed by atoms with Crippen LogP contribution in [0, 0.1) is 12.8 Å². The molecule has 0 saturated heterocycles. The van der Waals surface area contributed by atoms with Gasteiger partial charge in [-0.3, -0.25) is 0 Å². The van der Waals surface area contributed by atoms with Gasteiger partial charge < -0.3 is 15.2 Å². The fourth-order valence-electron chi connectivity index (χ4n) is 1.67. The molecule has 2 N–H and O–H groups in total. The van der Waals surface area contributed by atoms with E-state index in [2.05, 4.69) is 15.3 Å². The van der Waals surface area contributed by atoms with Gasteiger partial charge in [0.25, 0.3) is 0 Å². The molecule has 104 valence electrons. The first-order valence-electron chi connectivity index (χ1n) is 6.55. The standard InChI is InChI=1S/C13H19N3O3/c1-9-11(12(17)18)7-15-13(16-9)14-5-2-6-19-8-10-3-4-10/h7,10H,2-6,8H2,1H3,(H,17,18)(H,14,15,16). The zero-order valence-electron chi connectivity index (χ0n) is 11.1. The Labute approximate surface area is 112 Å². The summed E-state index contributed by atoms with van der Waals surface area (Å²) in [4.78, 5) is 18.9. The summed E-state index contributed by atoms with van der Waals surface area (Å²) in [5.74, 6) is 0.254. The van der Waals surface area contributed by atoms with E-state index in [1.807, 2.05) is 0 Å². The number of carbonyl (C=O) groups is 1. The molecular weight excluding hydrogens is 246 g/mol. The molecule has 1 aliphatic rings. The van der Waals surface area contributed by atoms with Gasteiger partial charge in [-0.2, -0.15) is 0 Å². The Morgan fingerprint density at radius 2 is 2.37 bits per heavy atom. The van der Waals surface area contributed by atoms with E-state index in [9.17, 15) is 4.79 Å². The molecular formula is C13H19N3O3. The van der Waals surface area contributed by atoms with E-state index in [1.54, 1.807) is 6.92 Å². The van der Waals surface area contributed by atoms with Crippen molar-refractivity contribution in [3.8, 4) is 0 Å². The first kappa shape index (κ1) is 13.7. The zero-order valence-corrected chi connectivity index (χ0v) is 11.1. The SMILES string of the molecule is Cc1nc(NCCCOCC2CC2)ncc1C(=O)O. The highest BCUT2D eigenvalue weighted by atomic mass is 16.5. The lowest BCUT2D eigenvalue weighted by Crippen LogP contribution is -2.11. The van der Waals surface area contributed by atoms with Crippen LogP contribution in [0.2, 0.25) is 0 Å². The Bertz CT molecular complexity index is 447. The third-order valence-electron chi connectivity index (χ3n) is 3.01. The lowest BCUT2D eigenvalue weighted by molar-refractivity contribution is 0.0695. The molecule has 1 heterocycles. The van der Waals surface area contributed by atoms with Gasteiger partial charge in [0.05, 0.1) is 11.3 Å². The van der Waals surface area contributed by atoms with Crippen molar-refractivity contribution >= 4 is 11.9 Å². The maximum Gasteiger partial charge on any atom is 0.339 e. The smallest absolute Gasteiger partial charge is 0.339 e. The average Bonchev–Trinajstić information content (AvgIpc) is 3.17.